The fraction of sp³-hybridized carbons (Fsp3) is 0.100. The summed E-state index contributed by atoms with van der Waals surface area (Å²) in [6.07, 6.45) is 1.82. The normalized spacial score (nSPS) is 10.4. The lowest BCUT2D eigenvalue weighted by Gasteiger charge is -2.01. The lowest BCUT2D eigenvalue weighted by atomic mass is 10.1. The molecule has 0 radical (unpaired) electrons. The third-order valence-electron chi connectivity index (χ3n) is 1.95. The van der Waals surface area contributed by atoms with Crippen molar-refractivity contribution in [2.75, 3.05) is 0 Å². The molecule has 0 bridgehead atoms. The number of hydrogen-bond acceptors (Lipinski definition) is 4. The highest BCUT2D eigenvalue weighted by molar-refractivity contribution is 8.69. The minimum Gasteiger partial charge on any atom is -0.256 e. The zero-order chi connectivity index (χ0) is 9.97. The molecular weight excluding hydrogens is 230 g/mol. The van der Waals surface area contributed by atoms with Crippen LogP contribution in [0.25, 0.3) is 11.3 Å². The first-order valence-electron chi connectivity index (χ1n) is 4.14. The molecule has 4 heteroatoms. The summed E-state index contributed by atoms with van der Waals surface area (Å²) in [7, 11) is 1.48. The van der Waals surface area contributed by atoms with Gasteiger partial charge in [-0.3, -0.25) is 4.98 Å². The number of nitrogens with zero attached hydrogens (tertiary/aromatic N) is 1. The highest BCUT2D eigenvalue weighted by Crippen LogP contribution is 2.39. The number of rotatable bonds is 2. The molecule has 14 heavy (non-hydrogen) atoms. The van der Waals surface area contributed by atoms with E-state index in [0.29, 0.717) is 0 Å². The van der Waals surface area contributed by atoms with Crippen molar-refractivity contribution in [1.82, 2.24) is 4.98 Å². The SMILES string of the molecule is Cc1csc(SS)c1-c1ccccn1. The lowest BCUT2D eigenvalue weighted by molar-refractivity contribution is 1.30. The van der Waals surface area contributed by atoms with Gasteiger partial charge in [0.25, 0.3) is 0 Å². The Bertz CT molecular complexity index is 422. The summed E-state index contributed by atoms with van der Waals surface area (Å²) in [4.78, 5) is 4.35. The van der Waals surface area contributed by atoms with E-state index in [4.69, 9.17) is 0 Å². The van der Waals surface area contributed by atoms with E-state index in [9.17, 15) is 0 Å². The molecule has 2 rings (SSSR count). The van der Waals surface area contributed by atoms with Crippen molar-refractivity contribution in [3.05, 3.63) is 35.3 Å². The Morgan fingerprint density at radius 2 is 2.29 bits per heavy atom. The van der Waals surface area contributed by atoms with Crippen molar-refractivity contribution in [3.8, 4) is 11.3 Å². The highest BCUT2D eigenvalue weighted by Gasteiger charge is 2.10. The first-order valence-corrected chi connectivity index (χ1v) is 6.88. The van der Waals surface area contributed by atoms with Crippen LogP contribution in [0.4, 0.5) is 0 Å². The molecule has 1 nitrogen and oxygen atoms in total. The molecular formula is C10H9NS3. The Morgan fingerprint density at radius 3 is 2.93 bits per heavy atom. The predicted molar refractivity (Wildman–Crippen MR) is 67.1 cm³/mol. The van der Waals surface area contributed by atoms with Crippen LogP contribution < -0.4 is 0 Å². The maximum absolute atomic E-state index is 4.35. The Balaban J connectivity index is 2.55. The Labute approximate surface area is 96.4 Å². The summed E-state index contributed by atoms with van der Waals surface area (Å²) in [6, 6.07) is 5.97. The summed E-state index contributed by atoms with van der Waals surface area (Å²) >= 11 is 5.96. The average molecular weight is 239 g/mol. The fourth-order valence-electron chi connectivity index (χ4n) is 1.31. The zero-order valence-electron chi connectivity index (χ0n) is 7.60. The minimum atomic E-state index is 1.03. The molecule has 0 aromatic carbocycles. The van der Waals surface area contributed by atoms with Gasteiger partial charge in [-0.2, -0.15) is 0 Å². The molecule has 0 amide bonds. The maximum Gasteiger partial charge on any atom is 0.0800 e. The quantitative estimate of drug-likeness (QED) is 0.627. The van der Waals surface area contributed by atoms with Crippen LogP contribution >= 0.6 is 33.8 Å². The maximum atomic E-state index is 4.35. The molecule has 2 aromatic rings. The number of thiol groups is 1. The van der Waals surface area contributed by atoms with Gasteiger partial charge in [0, 0.05) is 11.8 Å². The van der Waals surface area contributed by atoms with E-state index < -0.39 is 0 Å². The van der Waals surface area contributed by atoms with E-state index >= 15 is 0 Å². The van der Waals surface area contributed by atoms with Crippen LogP contribution in [0.5, 0.6) is 0 Å². The Kier molecular flexibility index (Phi) is 3.15. The Hall–Kier alpha value is -0.450. The third-order valence-corrected chi connectivity index (χ3v) is 4.66. The highest BCUT2D eigenvalue weighted by atomic mass is 33.1. The molecule has 0 fully saturated rings. The second-order valence-corrected chi connectivity index (χ2v) is 5.16. The van der Waals surface area contributed by atoms with Gasteiger partial charge in [0.1, 0.15) is 0 Å². The molecule has 0 aliphatic heterocycles. The first kappa shape index (κ1) is 10.1. The Morgan fingerprint density at radius 1 is 1.43 bits per heavy atom. The molecule has 72 valence electrons. The van der Waals surface area contributed by atoms with Gasteiger partial charge in [-0.15, -0.1) is 23.0 Å². The van der Waals surface area contributed by atoms with Gasteiger partial charge in [-0.1, -0.05) is 6.07 Å². The van der Waals surface area contributed by atoms with Gasteiger partial charge in [-0.25, -0.2) is 0 Å². The molecule has 2 aromatic heterocycles. The molecule has 2 heterocycles. The van der Waals surface area contributed by atoms with E-state index in [0.717, 1.165) is 5.69 Å². The van der Waals surface area contributed by atoms with Crippen LogP contribution in [0.3, 0.4) is 0 Å². The molecule has 0 saturated carbocycles. The van der Waals surface area contributed by atoms with E-state index in [1.165, 1.54) is 26.1 Å². The van der Waals surface area contributed by atoms with Gasteiger partial charge >= 0.3 is 0 Å². The largest absolute Gasteiger partial charge is 0.256 e. The van der Waals surface area contributed by atoms with Crippen LogP contribution in [0.15, 0.2) is 34.0 Å². The third kappa shape index (κ3) is 1.82. The smallest absolute Gasteiger partial charge is 0.0800 e. The lowest BCUT2D eigenvalue weighted by Crippen LogP contribution is -1.82. The van der Waals surface area contributed by atoms with Gasteiger partial charge < -0.3 is 0 Å². The topological polar surface area (TPSA) is 12.9 Å². The monoisotopic (exact) mass is 239 g/mol. The second-order valence-electron chi connectivity index (χ2n) is 2.89. The van der Waals surface area contributed by atoms with Crippen molar-refractivity contribution >= 4 is 33.8 Å². The number of thiophene rings is 1. The molecule has 0 aliphatic rings. The van der Waals surface area contributed by atoms with Crippen LogP contribution in [-0.2, 0) is 0 Å². The summed E-state index contributed by atoms with van der Waals surface area (Å²) < 4.78 is 1.21. The van der Waals surface area contributed by atoms with E-state index in [-0.39, 0.29) is 0 Å². The summed E-state index contributed by atoms with van der Waals surface area (Å²) in [5.74, 6) is 0. The van der Waals surface area contributed by atoms with Crippen molar-refractivity contribution in [3.63, 3.8) is 0 Å². The summed E-state index contributed by atoms with van der Waals surface area (Å²) in [5.41, 5.74) is 3.52. The molecule has 0 unspecified atom stereocenters. The molecule has 0 atom stereocenters. The van der Waals surface area contributed by atoms with Crippen molar-refractivity contribution in [1.29, 1.82) is 0 Å². The van der Waals surface area contributed by atoms with Crippen molar-refractivity contribution in [2.45, 2.75) is 11.1 Å². The van der Waals surface area contributed by atoms with Gasteiger partial charge in [0.15, 0.2) is 0 Å². The molecule has 0 saturated heterocycles. The van der Waals surface area contributed by atoms with Crippen LogP contribution in [0, 0.1) is 6.92 Å². The fourth-order valence-corrected chi connectivity index (χ4v) is 3.42. The number of aryl methyl sites for hydroxylation is 1. The second kappa shape index (κ2) is 4.38. The number of pyridine rings is 1. The number of hydrogen-bond donors (Lipinski definition) is 1. The zero-order valence-corrected chi connectivity index (χ0v) is 10.1. The first-order chi connectivity index (χ1) is 6.83. The predicted octanol–water partition coefficient (Wildman–Crippen LogP) is 4.06. The van der Waals surface area contributed by atoms with E-state index in [1.54, 1.807) is 11.3 Å². The van der Waals surface area contributed by atoms with Crippen molar-refractivity contribution < 1.29 is 0 Å². The minimum absolute atomic E-state index is 1.03. The van der Waals surface area contributed by atoms with Gasteiger partial charge in [-0.05, 0) is 40.8 Å². The van der Waals surface area contributed by atoms with E-state index in [2.05, 4.69) is 28.9 Å². The number of aromatic nitrogens is 1. The van der Waals surface area contributed by atoms with Crippen LogP contribution in [0.1, 0.15) is 5.56 Å². The standard InChI is InChI=1S/C10H9NS3/c1-7-6-13-10(14-12)9(7)8-4-2-3-5-11-8/h2-6,12H,1H3. The summed E-state index contributed by atoms with van der Waals surface area (Å²) in [5, 5.41) is 2.14. The van der Waals surface area contributed by atoms with E-state index in [1.807, 2.05) is 24.4 Å². The molecule has 0 N–H and O–H groups in total. The van der Waals surface area contributed by atoms with Gasteiger partial charge in [0.05, 0.1) is 9.90 Å². The summed E-state index contributed by atoms with van der Waals surface area (Å²) in [6.45, 7) is 2.11. The average Bonchev–Trinajstić information content (AvgIpc) is 2.61. The van der Waals surface area contributed by atoms with Crippen LogP contribution in [0.2, 0.25) is 0 Å². The molecule has 0 spiro atoms. The van der Waals surface area contributed by atoms with Crippen LogP contribution in [-0.4, -0.2) is 4.98 Å². The van der Waals surface area contributed by atoms with Crippen molar-refractivity contribution in [2.24, 2.45) is 0 Å². The van der Waals surface area contributed by atoms with Gasteiger partial charge in [0.2, 0.25) is 0 Å². The molecule has 0 aliphatic carbocycles.